The predicted octanol–water partition coefficient (Wildman–Crippen LogP) is 4.33. The van der Waals surface area contributed by atoms with Gasteiger partial charge in [0.1, 0.15) is 5.75 Å². The second-order valence-electron chi connectivity index (χ2n) is 5.39. The van der Waals surface area contributed by atoms with Crippen LogP contribution in [0.25, 0.3) is 11.4 Å². The van der Waals surface area contributed by atoms with Crippen LogP contribution in [0.15, 0.2) is 45.6 Å². The SMILES string of the molecule is CN(Cc1ccc(OC(F)(F)F)cc1)Cc1nc(-c2ccsc2)no1. The monoisotopic (exact) mass is 369 g/mol. The highest BCUT2D eigenvalue weighted by atomic mass is 32.1. The van der Waals surface area contributed by atoms with Crippen molar-refractivity contribution in [1.82, 2.24) is 15.0 Å². The van der Waals surface area contributed by atoms with Crippen LogP contribution in [0.4, 0.5) is 13.2 Å². The second-order valence-corrected chi connectivity index (χ2v) is 6.17. The Morgan fingerprint density at radius 3 is 2.56 bits per heavy atom. The van der Waals surface area contributed by atoms with Gasteiger partial charge in [0.25, 0.3) is 0 Å². The van der Waals surface area contributed by atoms with E-state index in [0.29, 0.717) is 24.8 Å². The summed E-state index contributed by atoms with van der Waals surface area (Å²) in [4.78, 5) is 6.25. The summed E-state index contributed by atoms with van der Waals surface area (Å²) in [5.74, 6) is 0.773. The molecule has 0 amide bonds. The maximum Gasteiger partial charge on any atom is 0.573 e. The van der Waals surface area contributed by atoms with Crippen molar-refractivity contribution in [2.24, 2.45) is 0 Å². The molecule has 0 saturated carbocycles. The Bertz CT molecular complexity index is 801. The van der Waals surface area contributed by atoms with Crippen LogP contribution in [0, 0.1) is 0 Å². The summed E-state index contributed by atoms with van der Waals surface area (Å²) in [5.41, 5.74) is 1.75. The number of ether oxygens (including phenoxy) is 1. The normalized spacial score (nSPS) is 11.9. The Balaban J connectivity index is 1.56. The largest absolute Gasteiger partial charge is 0.573 e. The molecule has 132 valence electrons. The van der Waals surface area contributed by atoms with Crippen molar-refractivity contribution in [2.75, 3.05) is 7.05 Å². The summed E-state index contributed by atoms with van der Waals surface area (Å²) in [7, 11) is 1.86. The van der Waals surface area contributed by atoms with E-state index in [4.69, 9.17) is 4.52 Å². The van der Waals surface area contributed by atoms with Crippen molar-refractivity contribution < 1.29 is 22.4 Å². The van der Waals surface area contributed by atoms with E-state index in [1.54, 1.807) is 23.5 Å². The van der Waals surface area contributed by atoms with Gasteiger partial charge in [-0.15, -0.1) is 13.2 Å². The van der Waals surface area contributed by atoms with Crippen molar-refractivity contribution in [3.63, 3.8) is 0 Å². The summed E-state index contributed by atoms with van der Waals surface area (Å²) >= 11 is 1.55. The van der Waals surface area contributed by atoms with Crippen LogP contribution in [0.2, 0.25) is 0 Å². The molecule has 0 bridgehead atoms. The van der Waals surface area contributed by atoms with Gasteiger partial charge in [0.2, 0.25) is 11.7 Å². The molecule has 0 aliphatic rings. The van der Waals surface area contributed by atoms with E-state index in [2.05, 4.69) is 14.9 Å². The summed E-state index contributed by atoms with van der Waals surface area (Å²) < 4.78 is 45.5. The molecule has 5 nitrogen and oxygen atoms in total. The van der Waals surface area contributed by atoms with Gasteiger partial charge in [-0.3, -0.25) is 4.90 Å². The van der Waals surface area contributed by atoms with E-state index in [9.17, 15) is 13.2 Å². The zero-order valence-corrected chi connectivity index (χ0v) is 14.0. The topological polar surface area (TPSA) is 51.4 Å². The van der Waals surface area contributed by atoms with Crippen LogP contribution < -0.4 is 4.74 Å². The summed E-state index contributed by atoms with van der Waals surface area (Å²) in [6.45, 7) is 0.945. The number of alkyl halides is 3. The van der Waals surface area contributed by atoms with E-state index < -0.39 is 6.36 Å². The average molecular weight is 369 g/mol. The quantitative estimate of drug-likeness (QED) is 0.647. The van der Waals surface area contributed by atoms with Crippen molar-refractivity contribution in [3.05, 3.63) is 52.5 Å². The zero-order chi connectivity index (χ0) is 17.9. The van der Waals surface area contributed by atoms with Gasteiger partial charge in [-0.2, -0.15) is 16.3 Å². The van der Waals surface area contributed by atoms with Gasteiger partial charge < -0.3 is 9.26 Å². The fourth-order valence-electron chi connectivity index (χ4n) is 2.22. The Hall–Kier alpha value is -2.39. The molecule has 0 unspecified atom stereocenters. The zero-order valence-electron chi connectivity index (χ0n) is 13.2. The molecular formula is C16H14F3N3O2S. The molecule has 0 aliphatic carbocycles. The first-order valence-corrected chi connectivity index (χ1v) is 8.22. The molecule has 0 atom stereocenters. The Morgan fingerprint density at radius 2 is 1.92 bits per heavy atom. The number of thiophene rings is 1. The van der Waals surface area contributed by atoms with E-state index in [1.165, 1.54) is 12.1 Å². The maximum absolute atomic E-state index is 12.1. The third-order valence-corrected chi connectivity index (χ3v) is 3.95. The molecule has 0 fully saturated rings. The van der Waals surface area contributed by atoms with Crippen LogP contribution >= 0.6 is 11.3 Å². The van der Waals surface area contributed by atoms with Crippen LogP contribution in [0.3, 0.4) is 0 Å². The molecule has 0 N–H and O–H groups in total. The van der Waals surface area contributed by atoms with Gasteiger partial charge in [0.05, 0.1) is 6.54 Å². The molecule has 1 aromatic carbocycles. The third kappa shape index (κ3) is 5.04. The van der Waals surface area contributed by atoms with Crippen LogP contribution in [0.1, 0.15) is 11.5 Å². The molecule has 9 heteroatoms. The highest BCUT2D eigenvalue weighted by Gasteiger charge is 2.30. The van der Waals surface area contributed by atoms with Crippen molar-refractivity contribution in [3.8, 4) is 17.1 Å². The smallest absolute Gasteiger partial charge is 0.406 e. The van der Waals surface area contributed by atoms with Crippen LogP contribution in [-0.4, -0.2) is 28.5 Å². The Labute approximate surface area is 145 Å². The Kier molecular flexibility index (Phi) is 5.05. The lowest BCUT2D eigenvalue weighted by Crippen LogP contribution is -2.18. The number of hydrogen-bond acceptors (Lipinski definition) is 6. The number of halogens is 3. The molecule has 3 aromatic rings. The number of aromatic nitrogens is 2. The third-order valence-electron chi connectivity index (χ3n) is 3.26. The average Bonchev–Trinajstić information content (AvgIpc) is 3.18. The lowest BCUT2D eigenvalue weighted by atomic mass is 10.2. The van der Waals surface area contributed by atoms with Gasteiger partial charge in [-0.25, -0.2) is 0 Å². The van der Waals surface area contributed by atoms with Gasteiger partial charge >= 0.3 is 6.36 Å². The van der Waals surface area contributed by atoms with Crippen LogP contribution in [-0.2, 0) is 13.1 Å². The maximum atomic E-state index is 12.1. The van der Waals surface area contributed by atoms with Gasteiger partial charge in [0.15, 0.2) is 0 Å². The predicted molar refractivity (Wildman–Crippen MR) is 85.9 cm³/mol. The van der Waals surface area contributed by atoms with E-state index in [1.807, 2.05) is 28.8 Å². The standard InChI is InChI=1S/C16H14F3N3O2S/c1-22(8-11-2-4-13(5-3-11)23-16(17,18)19)9-14-20-15(21-24-14)12-6-7-25-10-12/h2-7,10H,8-9H2,1H3. The number of nitrogens with zero attached hydrogens (tertiary/aromatic N) is 3. The molecule has 0 radical (unpaired) electrons. The molecule has 0 saturated heterocycles. The molecule has 0 spiro atoms. The molecular weight excluding hydrogens is 355 g/mol. The van der Waals surface area contributed by atoms with Crippen molar-refractivity contribution >= 4 is 11.3 Å². The van der Waals surface area contributed by atoms with E-state index >= 15 is 0 Å². The van der Waals surface area contributed by atoms with Crippen molar-refractivity contribution in [2.45, 2.75) is 19.5 Å². The minimum absolute atomic E-state index is 0.240. The molecule has 2 aromatic heterocycles. The minimum atomic E-state index is -4.68. The summed E-state index contributed by atoms with van der Waals surface area (Å²) in [6.07, 6.45) is -4.68. The van der Waals surface area contributed by atoms with E-state index in [0.717, 1.165) is 11.1 Å². The number of rotatable bonds is 6. The first-order chi connectivity index (χ1) is 11.9. The number of hydrogen-bond donors (Lipinski definition) is 0. The fourth-order valence-corrected chi connectivity index (χ4v) is 2.86. The molecule has 2 heterocycles. The highest BCUT2D eigenvalue weighted by Crippen LogP contribution is 2.23. The lowest BCUT2D eigenvalue weighted by molar-refractivity contribution is -0.274. The van der Waals surface area contributed by atoms with Gasteiger partial charge in [0, 0.05) is 17.5 Å². The first kappa shape index (κ1) is 17.4. The number of benzene rings is 1. The molecule has 25 heavy (non-hydrogen) atoms. The highest BCUT2D eigenvalue weighted by molar-refractivity contribution is 7.08. The van der Waals surface area contributed by atoms with Crippen molar-refractivity contribution in [1.29, 1.82) is 0 Å². The second kappa shape index (κ2) is 7.24. The van der Waals surface area contributed by atoms with E-state index in [-0.39, 0.29) is 5.75 Å². The van der Waals surface area contributed by atoms with Gasteiger partial charge in [-0.1, -0.05) is 17.3 Å². The van der Waals surface area contributed by atoms with Crippen LogP contribution in [0.5, 0.6) is 5.75 Å². The fraction of sp³-hybridized carbons (Fsp3) is 0.250. The van der Waals surface area contributed by atoms with Gasteiger partial charge in [-0.05, 0) is 36.2 Å². The lowest BCUT2D eigenvalue weighted by Gasteiger charge is -2.15. The summed E-state index contributed by atoms with van der Waals surface area (Å²) in [5, 5.41) is 7.80. The molecule has 0 aliphatic heterocycles. The Morgan fingerprint density at radius 1 is 1.16 bits per heavy atom. The minimum Gasteiger partial charge on any atom is -0.406 e. The molecule has 3 rings (SSSR count). The first-order valence-electron chi connectivity index (χ1n) is 7.27. The summed E-state index contributed by atoms with van der Waals surface area (Å²) in [6, 6.07) is 7.66.